The molecule has 1 aromatic heterocycles. The third kappa shape index (κ3) is 1.89. The third-order valence-electron chi connectivity index (χ3n) is 1.98. The van der Waals surface area contributed by atoms with E-state index in [0.717, 1.165) is 23.2 Å². The Balaban J connectivity index is 2.31. The Bertz CT molecular complexity index is 439. The van der Waals surface area contributed by atoms with Crippen LogP contribution in [-0.4, -0.2) is 11.0 Å². The van der Waals surface area contributed by atoms with Gasteiger partial charge in [-0.25, -0.2) is 4.98 Å². The summed E-state index contributed by atoms with van der Waals surface area (Å²) in [6.07, 6.45) is 0. The zero-order valence-corrected chi connectivity index (χ0v) is 8.64. The molecule has 0 aliphatic carbocycles. The van der Waals surface area contributed by atoms with Crippen molar-refractivity contribution in [3.05, 3.63) is 29.7 Å². The molecule has 0 fully saturated rings. The van der Waals surface area contributed by atoms with Crippen LogP contribution >= 0.6 is 11.6 Å². The van der Waals surface area contributed by atoms with Gasteiger partial charge in [0.05, 0.1) is 6.00 Å². The summed E-state index contributed by atoms with van der Waals surface area (Å²) in [6, 6.07) is 6.41. The minimum Gasteiger partial charge on any atom is -0.441 e. The number of aromatic nitrogens is 1. The van der Waals surface area contributed by atoms with E-state index >= 15 is 0 Å². The maximum atomic E-state index is 5.53. The first-order chi connectivity index (χ1) is 6.79. The molecule has 0 saturated heterocycles. The first kappa shape index (κ1) is 9.49. The molecule has 0 unspecified atom stereocenters. The number of nitrogens with zero attached hydrogens (tertiary/aromatic N) is 1. The molecule has 4 heteroatoms. The number of rotatable bonds is 3. The van der Waals surface area contributed by atoms with Crippen molar-refractivity contribution in [1.82, 2.24) is 10.3 Å². The number of fused-ring (bicyclic) bond motifs is 1. The van der Waals surface area contributed by atoms with Gasteiger partial charge >= 0.3 is 0 Å². The van der Waals surface area contributed by atoms with Crippen LogP contribution in [0.5, 0.6) is 0 Å². The van der Waals surface area contributed by atoms with Gasteiger partial charge in [-0.3, -0.25) is 5.32 Å². The Morgan fingerprint density at radius 2 is 2.36 bits per heavy atom. The molecule has 1 aromatic carbocycles. The van der Waals surface area contributed by atoms with Crippen molar-refractivity contribution >= 4 is 22.7 Å². The van der Waals surface area contributed by atoms with E-state index in [9.17, 15) is 0 Å². The molecule has 1 N–H and O–H groups in total. The predicted molar refractivity (Wildman–Crippen MR) is 56.3 cm³/mol. The van der Waals surface area contributed by atoms with Crippen LogP contribution in [0.2, 0.25) is 0 Å². The fourth-order valence-corrected chi connectivity index (χ4v) is 1.48. The molecule has 3 nitrogen and oxygen atoms in total. The highest BCUT2D eigenvalue weighted by molar-refractivity contribution is 6.17. The third-order valence-corrected chi connectivity index (χ3v) is 2.17. The quantitative estimate of drug-likeness (QED) is 0.625. The molecule has 2 rings (SSSR count). The van der Waals surface area contributed by atoms with Crippen LogP contribution in [0.15, 0.2) is 22.6 Å². The standard InChI is InChI=1S/C10H11ClN2O/c1-7-13-9-3-2-8(5-12-6-11)4-10(9)14-7/h2-4,12H,5-6H2,1H3. The normalized spacial score (nSPS) is 11.0. The van der Waals surface area contributed by atoms with Crippen molar-refractivity contribution in [3.8, 4) is 0 Å². The monoisotopic (exact) mass is 210 g/mol. The number of benzene rings is 1. The second-order valence-electron chi connectivity index (χ2n) is 3.10. The van der Waals surface area contributed by atoms with Gasteiger partial charge in [0.2, 0.25) is 0 Å². The largest absolute Gasteiger partial charge is 0.441 e. The van der Waals surface area contributed by atoms with Gasteiger partial charge in [-0.15, -0.1) is 11.6 Å². The lowest BCUT2D eigenvalue weighted by Crippen LogP contribution is -2.09. The molecule has 1 heterocycles. The van der Waals surface area contributed by atoms with Crippen molar-refractivity contribution in [2.45, 2.75) is 13.5 Å². The lowest BCUT2D eigenvalue weighted by Gasteiger charge is -1.99. The van der Waals surface area contributed by atoms with Crippen LogP contribution in [-0.2, 0) is 6.54 Å². The molecule has 0 saturated carbocycles. The number of hydrogen-bond donors (Lipinski definition) is 1. The Morgan fingerprint density at radius 1 is 1.50 bits per heavy atom. The van der Waals surface area contributed by atoms with Gasteiger partial charge in [-0.05, 0) is 17.7 Å². The molecule has 74 valence electrons. The van der Waals surface area contributed by atoms with E-state index in [2.05, 4.69) is 10.3 Å². The SMILES string of the molecule is Cc1nc2ccc(CNCCl)cc2o1. The van der Waals surface area contributed by atoms with Gasteiger partial charge in [0.15, 0.2) is 11.5 Å². The predicted octanol–water partition coefficient (Wildman–Crippen LogP) is 2.42. The summed E-state index contributed by atoms with van der Waals surface area (Å²) >= 11 is 5.53. The lowest BCUT2D eigenvalue weighted by molar-refractivity contribution is 0.560. The number of hydrogen-bond acceptors (Lipinski definition) is 3. The molecule has 0 bridgehead atoms. The highest BCUT2D eigenvalue weighted by Crippen LogP contribution is 2.16. The second-order valence-corrected chi connectivity index (χ2v) is 3.36. The van der Waals surface area contributed by atoms with E-state index in [-0.39, 0.29) is 0 Å². The Labute approximate surface area is 87.1 Å². The van der Waals surface area contributed by atoms with Crippen molar-refractivity contribution in [2.75, 3.05) is 6.00 Å². The smallest absolute Gasteiger partial charge is 0.192 e. The Morgan fingerprint density at radius 3 is 3.14 bits per heavy atom. The summed E-state index contributed by atoms with van der Waals surface area (Å²) in [7, 11) is 0. The van der Waals surface area contributed by atoms with Gasteiger partial charge in [0.25, 0.3) is 0 Å². The van der Waals surface area contributed by atoms with Crippen LogP contribution in [0, 0.1) is 6.92 Å². The average molecular weight is 211 g/mol. The van der Waals surface area contributed by atoms with Crippen molar-refractivity contribution in [1.29, 1.82) is 0 Å². The molecule has 0 aliphatic heterocycles. The van der Waals surface area contributed by atoms with Gasteiger partial charge in [-0.2, -0.15) is 0 Å². The number of alkyl halides is 1. The van der Waals surface area contributed by atoms with E-state index in [4.69, 9.17) is 16.0 Å². The van der Waals surface area contributed by atoms with E-state index in [1.54, 1.807) is 0 Å². The zero-order valence-electron chi connectivity index (χ0n) is 7.88. The maximum absolute atomic E-state index is 5.53. The van der Waals surface area contributed by atoms with Crippen LogP contribution in [0.25, 0.3) is 11.1 Å². The van der Waals surface area contributed by atoms with Crippen molar-refractivity contribution in [2.24, 2.45) is 0 Å². The second kappa shape index (κ2) is 3.98. The molecule has 0 atom stereocenters. The van der Waals surface area contributed by atoms with Crippen molar-refractivity contribution < 1.29 is 4.42 Å². The summed E-state index contributed by atoms with van der Waals surface area (Å²) in [5, 5.41) is 3.04. The summed E-state index contributed by atoms with van der Waals surface area (Å²) in [5.41, 5.74) is 2.88. The fourth-order valence-electron chi connectivity index (χ4n) is 1.39. The summed E-state index contributed by atoms with van der Waals surface area (Å²) in [6.45, 7) is 2.59. The Kier molecular flexibility index (Phi) is 2.70. The Hall–Kier alpha value is -1.06. The minimum absolute atomic E-state index is 0.452. The first-order valence-corrected chi connectivity index (χ1v) is 4.96. The fraction of sp³-hybridized carbons (Fsp3) is 0.300. The van der Waals surface area contributed by atoms with Crippen LogP contribution < -0.4 is 5.32 Å². The molecular weight excluding hydrogens is 200 g/mol. The van der Waals surface area contributed by atoms with Gasteiger partial charge < -0.3 is 4.42 Å². The molecule has 0 amide bonds. The van der Waals surface area contributed by atoms with Gasteiger partial charge in [0, 0.05) is 13.5 Å². The molecule has 2 aromatic rings. The van der Waals surface area contributed by atoms with Gasteiger partial charge in [-0.1, -0.05) is 6.07 Å². The van der Waals surface area contributed by atoms with Crippen LogP contribution in [0.3, 0.4) is 0 Å². The maximum Gasteiger partial charge on any atom is 0.192 e. The molecule has 0 aliphatic rings. The van der Waals surface area contributed by atoms with Crippen LogP contribution in [0.4, 0.5) is 0 Å². The number of oxazole rings is 1. The number of nitrogens with one attached hydrogen (secondary N) is 1. The molecular formula is C10H11ClN2O. The van der Waals surface area contributed by atoms with Crippen LogP contribution in [0.1, 0.15) is 11.5 Å². The summed E-state index contributed by atoms with van der Waals surface area (Å²) < 4.78 is 5.42. The highest BCUT2D eigenvalue weighted by atomic mass is 35.5. The summed E-state index contributed by atoms with van der Waals surface area (Å²) in [5.74, 6) is 0.697. The average Bonchev–Trinajstić information content (AvgIpc) is 2.54. The summed E-state index contributed by atoms with van der Waals surface area (Å²) in [4.78, 5) is 4.22. The van der Waals surface area contributed by atoms with Gasteiger partial charge in [0.1, 0.15) is 5.52 Å². The number of halogens is 1. The van der Waals surface area contributed by atoms with E-state index in [0.29, 0.717) is 11.9 Å². The lowest BCUT2D eigenvalue weighted by atomic mass is 10.2. The molecule has 0 radical (unpaired) electrons. The topological polar surface area (TPSA) is 38.1 Å². The van der Waals surface area contributed by atoms with E-state index in [1.807, 2.05) is 25.1 Å². The van der Waals surface area contributed by atoms with E-state index in [1.165, 1.54) is 0 Å². The molecule has 0 spiro atoms. The van der Waals surface area contributed by atoms with Crippen molar-refractivity contribution in [3.63, 3.8) is 0 Å². The number of aryl methyl sites for hydroxylation is 1. The van der Waals surface area contributed by atoms with E-state index < -0.39 is 0 Å². The minimum atomic E-state index is 0.452. The zero-order chi connectivity index (χ0) is 9.97. The molecule has 14 heavy (non-hydrogen) atoms. The highest BCUT2D eigenvalue weighted by Gasteiger charge is 2.02. The first-order valence-electron chi connectivity index (χ1n) is 4.42.